The number of carbonyl (C=O) groups is 1. The molecule has 0 N–H and O–H groups in total. The Hall–Kier alpha value is -3.91. The molecule has 0 saturated heterocycles. The van der Waals surface area contributed by atoms with Gasteiger partial charge in [0.2, 0.25) is 5.95 Å². The van der Waals surface area contributed by atoms with Gasteiger partial charge < -0.3 is 4.90 Å². The molecule has 38 heavy (non-hydrogen) atoms. The fourth-order valence-corrected chi connectivity index (χ4v) is 5.13. The average molecular weight is 535 g/mol. The molecule has 194 valence electrons. The van der Waals surface area contributed by atoms with Crippen LogP contribution in [0.25, 0.3) is 16.9 Å². The van der Waals surface area contributed by atoms with Crippen molar-refractivity contribution >= 4 is 17.5 Å². The summed E-state index contributed by atoms with van der Waals surface area (Å²) in [5, 5.41) is 0.112. The average Bonchev–Trinajstić information content (AvgIpc) is 3.68. The molecule has 9 heteroatoms. The SMILES string of the molecule is Cc1cnc(-c2cccc(C(=O)N(C)C)c2F)cc1-n1c(C)cc([C@@H]2CC2c2ccc(F)nc2)c(Cl)c1=O. The molecule has 1 saturated carbocycles. The van der Waals surface area contributed by atoms with Crippen LogP contribution >= 0.6 is 11.6 Å². The molecule has 1 fully saturated rings. The number of rotatable bonds is 5. The van der Waals surface area contributed by atoms with E-state index in [0.717, 1.165) is 17.5 Å². The van der Waals surface area contributed by atoms with Crippen LogP contribution in [0, 0.1) is 25.6 Å². The van der Waals surface area contributed by atoms with Gasteiger partial charge in [0.25, 0.3) is 11.5 Å². The molecular formula is C29H25ClF2N4O2. The van der Waals surface area contributed by atoms with Crippen molar-refractivity contribution in [1.29, 1.82) is 0 Å². The highest BCUT2D eigenvalue weighted by Crippen LogP contribution is 2.55. The van der Waals surface area contributed by atoms with Crippen molar-refractivity contribution in [2.45, 2.75) is 32.1 Å². The number of amides is 1. The molecule has 1 amide bonds. The van der Waals surface area contributed by atoms with Gasteiger partial charge in [-0.05, 0) is 79.1 Å². The van der Waals surface area contributed by atoms with Crippen molar-refractivity contribution in [3.8, 4) is 16.9 Å². The van der Waals surface area contributed by atoms with Gasteiger partial charge in [0.15, 0.2) is 0 Å². The number of aryl methyl sites for hydroxylation is 2. The smallest absolute Gasteiger partial charge is 0.274 e. The lowest BCUT2D eigenvalue weighted by Gasteiger charge is -2.17. The largest absolute Gasteiger partial charge is 0.345 e. The van der Waals surface area contributed by atoms with Crippen molar-refractivity contribution < 1.29 is 13.6 Å². The Morgan fingerprint density at radius 2 is 1.82 bits per heavy atom. The number of aromatic nitrogens is 3. The highest BCUT2D eigenvalue weighted by atomic mass is 35.5. The Morgan fingerprint density at radius 1 is 1.05 bits per heavy atom. The number of hydrogen-bond donors (Lipinski definition) is 0. The van der Waals surface area contributed by atoms with E-state index in [1.807, 2.05) is 13.0 Å². The summed E-state index contributed by atoms with van der Waals surface area (Å²) in [6.07, 6.45) is 3.87. The first-order valence-corrected chi connectivity index (χ1v) is 12.5. The minimum atomic E-state index is -0.680. The van der Waals surface area contributed by atoms with Gasteiger partial charge in [-0.25, -0.2) is 9.37 Å². The lowest BCUT2D eigenvalue weighted by atomic mass is 10.0. The molecule has 0 aliphatic heterocycles. The van der Waals surface area contributed by atoms with Crippen LogP contribution in [-0.2, 0) is 0 Å². The molecular weight excluding hydrogens is 510 g/mol. The Balaban J connectivity index is 1.55. The zero-order valence-corrected chi connectivity index (χ0v) is 22.1. The highest BCUT2D eigenvalue weighted by molar-refractivity contribution is 6.31. The molecule has 5 rings (SSSR count). The Bertz CT molecular complexity index is 1630. The number of nitrogens with zero attached hydrogens (tertiary/aromatic N) is 4. The lowest BCUT2D eigenvalue weighted by molar-refractivity contribution is 0.0823. The van der Waals surface area contributed by atoms with Crippen molar-refractivity contribution in [3.63, 3.8) is 0 Å². The molecule has 3 heterocycles. The van der Waals surface area contributed by atoms with Gasteiger partial charge in [-0.15, -0.1) is 0 Å². The van der Waals surface area contributed by atoms with Gasteiger partial charge in [-0.1, -0.05) is 23.7 Å². The van der Waals surface area contributed by atoms with Crippen molar-refractivity contribution in [3.05, 3.63) is 110 Å². The summed E-state index contributed by atoms with van der Waals surface area (Å²) in [5.74, 6) is -1.52. The van der Waals surface area contributed by atoms with Crippen molar-refractivity contribution in [1.82, 2.24) is 19.4 Å². The third kappa shape index (κ3) is 4.49. The molecule has 3 aromatic heterocycles. The summed E-state index contributed by atoms with van der Waals surface area (Å²) in [6, 6.07) is 11.1. The third-order valence-electron chi connectivity index (χ3n) is 6.96. The van der Waals surface area contributed by atoms with Crippen LogP contribution in [0.4, 0.5) is 8.78 Å². The summed E-state index contributed by atoms with van der Waals surface area (Å²) in [4.78, 5) is 35.4. The monoisotopic (exact) mass is 534 g/mol. The van der Waals surface area contributed by atoms with E-state index in [1.54, 1.807) is 51.5 Å². The number of halogens is 3. The molecule has 1 aliphatic carbocycles. The Morgan fingerprint density at radius 3 is 2.50 bits per heavy atom. The summed E-state index contributed by atoms with van der Waals surface area (Å²) < 4.78 is 30.1. The first-order valence-electron chi connectivity index (χ1n) is 12.1. The fraction of sp³-hybridized carbons (Fsp3) is 0.241. The van der Waals surface area contributed by atoms with Crippen LogP contribution in [0.2, 0.25) is 5.02 Å². The molecule has 1 aromatic carbocycles. The van der Waals surface area contributed by atoms with Gasteiger partial charge in [0.1, 0.15) is 10.8 Å². The molecule has 2 atom stereocenters. The van der Waals surface area contributed by atoms with Gasteiger partial charge in [-0.3, -0.25) is 19.1 Å². The Labute approximate surface area is 223 Å². The standard InChI is InChI=1S/C29H25ClF2N4O2/c1-15-13-33-23(18-6-5-7-19(27(18)32)28(37)35(3)4)12-24(15)36-16(2)10-22(26(30)29(36)38)21-11-20(21)17-8-9-25(31)34-14-17/h5-10,12-14,20-21H,11H2,1-4H3/t20?,21-/m1/s1. The van der Waals surface area contributed by atoms with E-state index in [1.165, 1.54) is 27.8 Å². The molecule has 1 unspecified atom stereocenters. The van der Waals surface area contributed by atoms with E-state index in [9.17, 15) is 14.0 Å². The second-order valence-electron chi connectivity index (χ2n) is 9.78. The minimum Gasteiger partial charge on any atom is -0.345 e. The molecule has 4 aromatic rings. The lowest BCUT2D eigenvalue weighted by Crippen LogP contribution is -2.23. The van der Waals surface area contributed by atoms with Gasteiger partial charge in [0.05, 0.1) is 16.9 Å². The predicted octanol–water partition coefficient (Wildman–Crippen LogP) is 5.82. The number of hydrogen-bond acceptors (Lipinski definition) is 4. The van der Waals surface area contributed by atoms with Crippen molar-refractivity contribution in [2.75, 3.05) is 14.1 Å². The van der Waals surface area contributed by atoms with E-state index < -0.39 is 17.7 Å². The van der Waals surface area contributed by atoms with Crippen LogP contribution in [0.1, 0.15) is 51.0 Å². The van der Waals surface area contributed by atoms with Crippen LogP contribution in [0.15, 0.2) is 59.7 Å². The number of benzene rings is 1. The zero-order valence-electron chi connectivity index (χ0n) is 21.3. The third-order valence-corrected chi connectivity index (χ3v) is 7.34. The Kier molecular flexibility index (Phi) is 6.61. The van der Waals surface area contributed by atoms with Gasteiger partial charge in [-0.2, -0.15) is 4.39 Å². The van der Waals surface area contributed by atoms with Gasteiger partial charge >= 0.3 is 0 Å². The summed E-state index contributed by atoms with van der Waals surface area (Å²) >= 11 is 6.63. The highest BCUT2D eigenvalue weighted by Gasteiger charge is 2.41. The maximum Gasteiger partial charge on any atom is 0.274 e. The molecule has 1 aliphatic rings. The maximum atomic E-state index is 15.4. The first kappa shape index (κ1) is 25.7. The molecule has 6 nitrogen and oxygen atoms in total. The molecule has 0 spiro atoms. The number of carbonyl (C=O) groups excluding carboxylic acids is 1. The quantitative estimate of drug-likeness (QED) is 0.303. The van der Waals surface area contributed by atoms with Crippen molar-refractivity contribution in [2.24, 2.45) is 0 Å². The topological polar surface area (TPSA) is 68.1 Å². The summed E-state index contributed by atoms with van der Waals surface area (Å²) in [6.45, 7) is 3.62. The second-order valence-corrected chi connectivity index (χ2v) is 10.2. The van der Waals surface area contributed by atoms with E-state index in [-0.39, 0.29) is 39.2 Å². The van der Waals surface area contributed by atoms with E-state index >= 15 is 4.39 Å². The second kappa shape index (κ2) is 9.76. The number of pyridine rings is 3. The predicted molar refractivity (Wildman–Crippen MR) is 142 cm³/mol. The minimum absolute atomic E-state index is 0.0379. The first-order chi connectivity index (χ1) is 18.1. The summed E-state index contributed by atoms with van der Waals surface area (Å²) in [5.41, 5.74) is 3.52. The van der Waals surface area contributed by atoms with Crippen LogP contribution in [0.3, 0.4) is 0 Å². The van der Waals surface area contributed by atoms with Crippen LogP contribution in [0.5, 0.6) is 0 Å². The van der Waals surface area contributed by atoms with E-state index in [4.69, 9.17) is 11.6 Å². The normalized spacial score (nSPS) is 16.4. The van der Waals surface area contributed by atoms with E-state index in [0.29, 0.717) is 16.9 Å². The zero-order chi connectivity index (χ0) is 27.3. The summed E-state index contributed by atoms with van der Waals surface area (Å²) in [7, 11) is 3.11. The van der Waals surface area contributed by atoms with Crippen LogP contribution in [-0.4, -0.2) is 39.4 Å². The van der Waals surface area contributed by atoms with E-state index in [2.05, 4.69) is 9.97 Å². The fourth-order valence-electron chi connectivity index (χ4n) is 4.85. The van der Waals surface area contributed by atoms with Gasteiger partial charge in [0, 0.05) is 37.7 Å². The van der Waals surface area contributed by atoms with Crippen LogP contribution < -0.4 is 5.56 Å². The maximum absolute atomic E-state index is 15.4. The molecule has 0 bridgehead atoms. The molecule has 0 radical (unpaired) electrons.